The Morgan fingerprint density at radius 3 is 3.00 bits per heavy atom. The van der Waals surface area contributed by atoms with Gasteiger partial charge >= 0.3 is 0 Å². The van der Waals surface area contributed by atoms with E-state index in [9.17, 15) is 4.39 Å². The van der Waals surface area contributed by atoms with Crippen molar-refractivity contribution in [2.75, 3.05) is 12.0 Å². The molecule has 0 fully saturated rings. The summed E-state index contributed by atoms with van der Waals surface area (Å²) >= 11 is 13.0. The largest absolute Gasteiger partial charge is 0.379 e. The molecule has 3 rings (SSSR count). The highest BCUT2D eigenvalue weighted by Crippen LogP contribution is 2.40. The van der Waals surface area contributed by atoms with Crippen LogP contribution < -0.4 is 11.1 Å². The molecule has 23 heavy (non-hydrogen) atoms. The standard InChI is InChI=1S/C15H14BrClFN3S2/c16-13-11(4-8(19)6-18)23-15-10(5-12(17)21-14(13)15)20-7-9-2-1-3-22-9/h1-3,5,8H,4,6-7,19H2,(H,20,21)/t8-/m0/s1. The Bertz CT molecular complexity index is 807. The van der Waals surface area contributed by atoms with Crippen LogP contribution in [0.15, 0.2) is 28.1 Å². The quantitative estimate of drug-likeness (QED) is 0.523. The van der Waals surface area contributed by atoms with Gasteiger partial charge in [-0.15, -0.1) is 22.7 Å². The molecule has 0 saturated heterocycles. The number of halogens is 3. The molecule has 0 amide bonds. The predicted molar refractivity (Wildman–Crippen MR) is 102 cm³/mol. The number of nitrogens with one attached hydrogen (secondary N) is 1. The zero-order chi connectivity index (χ0) is 16.4. The SMILES string of the molecule is N[C@H](CF)Cc1sc2c(NCc3cccs3)cc(Cl)nc2c1Br. The Labute approximate surface area is 154 Å². The Morgan fingerprint density at radius 1 is 1.48 bits per heavy atom. The summed E-state index contributed by atoms with van der Waals surface area (Å²) in [6.45, 7) is 0.181. The molecule has 0 aliphatic heterocycles. The topological polar surface area (TPSA) is 50.9 Å². The smallest absolute Gasteiger partial charge is 0.131 e. The minimum absolute atomic E-state index is 0.422. The number of thiophene rings is 2. The Kier molecular flexibility index (Phi) is 5.53. The normalized spacial score (nSPS) is 12.7. The summed E-state index contributed by atoms with van der Waals surface area (Å²) < 4.78 is 14.5. The van der Waals surface area contributed by atoms with Gasteiger partial charge in [0.1, 0.15) is 11.8 Å². The van der Waals surface area contributed by atoms with Crippen molar-refractivity contribution in [2.45, 2.75) is 19.0 Å². The molecule has 1 atom stereocenters. The van der Waals surface area contributed by atoms with Gasteiger partial charge in [-0.1, -0.05) is 17.7 Å². The first-order chi connectivity index (χ1) is 11.1. The van der Waals surface area contributed by atoms with E-state index < -0.39 is 12.7 Å². The molecular weight excluding hydrogens is 421 g/mol. The summed E-state index contributed by atoms with van der Waals surface area (Å²) in [5, 5.41) is 5.88. The van der Waals surface area contributed by atoms with E-state index in [0.29, 0.717) is 11.6 Å². The number of nitrogens with zero attached hydrogens (tertiary/aromatic N) is 1. The van der Waals surface area contributed by atoms with E-state index in [2.05, 4.69) is 32.3 Å². The zero-order valence-corrected chi connectivity index (χ0v) is 16.0. The number of alkyl halides is 1. The van der Waals surface area contributed by atoms with Crippen molar-refractivity contribution in [3.63, 3.8) is 0 Å². The molecule has 122 valence electrons. The van der Waals surface area contributed by atoms with Crippen LogP contribution in [0.1, 0.15) is 9.75 Å². The first-order valence-electron chi connectivity index (χ1n) is 6.93. The highest BCUT2D eigenvalue weighted by Gasteiger charge is 2.17. The van der Waals surface area contributed by atoms with Crippen molar-refractivity contribution in [1.29, 1.82) is 0 Å². The fourth-order valence-corrected chi connectivity index (χ4v) is 5.08. The average Bonchev–Trinajstić information content (AvgIpc) is 3.15. The molecule has 3 nitrogen and oxygen atoms in total. The molecule has 0 aliphatic carbocycles. The Balaban J connectivity index is 1.95. The van der Waals surface area contributed by atoms with Gasteiger partial charge in [-0.2, -0.15) is 0 Å². The van der Waals surface area contributed by atoms with Gasteiger partial charge in [-0.3, -0.25) is 0 Å². The number of fused-ring (bicyclic) bond motifs is 1. The lowest BCUT2D eigenvalue weighted by Gasteiger charge is -2.06. The van der Waals surface area contributed by atoms with Crippen molar-refractivity contribution < 1.29 is 4.39 Å². The van der Waals surface area contributed by atoms with Crippen LogP contribution in [-0.2, 0) is 13.0 Å². The Morgan fingerprint density at radius 2 is 2.30 bits per heavy atom. The maximum Gasteiger partial charge on any atom is 0.131 e. The van der Waals surface area contributed by atoms with Gasteiger partial charge in [-0.25, -0.2) is 9.37 Å². The van der Waals surface area contributed by atoms with Crippen molar-refractivity contribution in [2.24, 2.45) is 5.73 Å². The first kappa shape index (κ1) is 17.1. The van der Waals surface area contributed by atoms with E-state index in [1.165, 1.54) is 4.88 Å². The summed E-state index contributed by atoms with van der Waals surface area (Å²) in [7, 11) is 0. The van der Waals surface area contributed by atoms with E-state index in [4.69, 9.17) is 17.3 Å². The summed E-state index contributed by atoms with van der Waals surface area (Å²) in [4.78, 5) is 6.61. The van der Waals surface area contributed by atoms with Crippen LogP contribution in [0, 0.1) is 0 Å². The molecule has 3 N–H and O–H groups in total. The van der Waals surface area contributed by atoms with E-state index in [1.54, 1.807) is 22.7 Å². The average molecular weight is 435 g/mol. The fourth-order valence-electron chi connectivity index (χ4n) is 2.20. The number of anilines is 1. The zero-order valence-electron chi connectivity index (χ0n) is 12.0. The number of rotatable bonds is 6. The summed E-state index contributed by atoms with van der Waals surface area (Å²) in [6, 6.07) is 5.42. The number of hydrogen-bond acceptors (Lipinski definition) is 5. The van der Waals surface area contributed by atoms with Gasteiger partial charge < -0.3 is 11.1 Å². The van der Waals surface area contributed by atoms with Gasteiger partial charge in [-0.05, 0) is 27.4 Å². The van der Waals surface area contributed by atoms with Crippen LogP contribution in [0.2, 0.25) is 5.15 Å². The summed E-state index contributed by atoms with van der Waals surface area (Å²) in [5.41, 5.74) is 7.46. The Hall–Kier alpha value is -0.730. The molecule has 3 aromatic heterocycles. The predicted octanol–water partition coefficient (Wildman–Crippen LogP) is 5.23. The van der Waals surface area contributed by atoms with Gasteiger partial charge in [0.05, 0.1) is 20.4 Å². The minimum Gasteiger partial charge on any atom is -0.379 e. The third-order valence-corrected chi connectivity index (χ3v) is 6.72. The molecule has 0 aromatic carbocycles. The lowest BCUT2D eigenvalue weighted by Crippen LogP contribution is -2.24. The van der Waals surface area contributed by atoms with Gasteiger partial charge in [0.25, 0.3) is 0 Å². The molecule has 0 unspecified atom stereocenters. The monoisotopic (exact) mass is 433 g/mol. The van der Waals surface area contributed by atoms with Crippen LogP contribution in [0.3, 0.4) is 0 Å². The van der Waals surface area contributed by atoms with Crippen LogP contribution >= 0.6 is 50.2 Å². The van der Waals surface area contributed by atoms with E-state index in [-0.39, 0.29) is 0 Å². The second-order valence-corrected chi connectivity index (χ2v) is 8.38. The molecule has 0 spiro atoms. The number of hydrogen-bond donors (Lipinski definition) is 2. The second kappa shape index (κ2) is 7.44. The number of nitrogens with two attached hydrogens (primary N) is 1. The van der Waals surface area contributed by atoms with Gasteiger partial charge in [0, 0.05) is 34.8 Å². The molecule has 0 bridgehead atoms. The third-order valence-electron chi connectivity index (χ3n) is 3.30. The summed E-state index contributed by atoms with van der Waals surface area (Å²) in [5.74, 6) is 0. The number of pyridine rings is 1. The molecule has 3 aromatic rings. The lowest BCUT2D eigenvalue weighted by molar-refractivity contribution is 0.428. The molecule has 0 aliphatic rings. The van der Waals surface area contributed by atoms with Crippen LogP contribution in [0.4, 0.5) is 10.1 Å². The molecule has 0 saturated carbocycles. The van der Waals surface area contributed by atoms with Crippen molar-refractivity contribution in [3.8, 4) is 0 Å². The molecular formula is C15H14BrClFN3S2. The van der Waals surface area contributed by atoms with Crippen LogP contribution in [-0.4, -0.2) is 17.7 Å². The van der Waals surface area contributed by atoms with Crippen molar-refractivity contribution >= 4 is 66.1 Å². The van der Waals surface area contributed by atoms with E-state index in [0.717, 1.165) is 31.8 Å². The van der Waals surface area contributed by atoms with Crippen LogP contribution in [0.25, 0.3) is 10.2 Å². The van der Waals surface area contributed by atoms with Crippen molar-refractivity contribution in [1.82, 2.24) is 4.98 Å². The summed E-state index contributed by atoms with van der Waals surface area (Å²) in [6.07, 6.45) is 0.472. The maximum absolute atomic E-state index is 12.7. The lowest BCUT2D eigenvalue weighted by atomic mass is 10.2. The third kappa shape index (κ3) is 3.85. The highest BCUT2D eigenvalue weighted by atomic mass is 79.9. The van der Waals surface area contributed by atoms with Gasteiger partial charge in [0.15, 0.2) is 0 Å². The van der Waals surface area contributed by atoms with E-state index in [1.807, 2.05) is 17.5 Å². The van der Waals surface area contributed by atoms with Gasteiger partial charge in [0.2, 0.25) is 0 Å². The minimum atomic E-state index is -0.543. The van der Waals surface area contributed by atoms with Crippen LogP contribution in [0.5, 0.6) is 0 Å². The maximum atomic E-state index is 12.7. The molecule has 0 radical (unpaired) electrons. The molecule has 3 heterocycles. The number of aromatic nitrogens is 1. The first-order valence-corrected chi connectivity index (χ1v) is 9.80. The fraction of sp³-hybridized carbons (Fsp3) is 0.267. The second-order valence-electron chi connectivity index (χ2n) is 5.06. The van der Waals surface area contributed by atoms with Crippen molar-refractivity contribution in [3.05, 3.63) is 43.0 Å². The molecule has 8 heteroatoms. The van der Waals surface area contributed by atoms with E-state index >= 15 is 0 Å². The highest BCUT2D eigenvalue weighted by molar-refractivity contribution is 9.10.